The molecule has 1 saturated heterocycles. The van der Waals surface area contributed by atoms with Crippen LogP contribution < -0.4 is 4.90 Å². The molecule has 2 rings (SSSR count). The Morgan fingerprint density at radius 1 is 1.47 bits per heavy atom. The molecule has 1 fully saturated rings. The highest BCUT2D eigenvalue weighted by Crippen LogP contribution is 2.27. The molecule has 1 aliphatic heterocycles. The number of hydrogen-bond donors (Lipinski definition) is 0. The van der Waals surface area contributed by atoms with Gasteiger partial charge in [0.05, 0.1) is 17.5 Å². The molecule has 0 spiro atoms. The molecule has 1 amide bonds. The van der Waals surface area contributed by atoms with Gasteiger partial charge in [-0.2, -0.15) is 0 Å². The van der Waals surface area contributed by atoms with E-state index in [0.717, 1.165) is 4.47 Å². The van der Waals surface area contributed by atoms with Crippen molar-refractivity contribution < 1.29 is 13.2 Å². The third-order valence-corrected chi connectivity index (χ3v) is 5.52. The zero-order chi connectivity index (χ0) is 14.0. The van der Waals surface area contributed by atoms with E-state index in [1.807, 2.05) is 6.07 Å². The van der Waals surface area contributed by atoms with Gasteiger partial charge in [0.2, 0.25) is 5.91 Å². The average Bonchev–Trinajstić information content (AvgIpc) is 2.69. The first-order valence-corrected chi connectivity index (χ1v) is 8.92. The minimum absolute atomic E-state index is 0.00213. The van der Waals surface area contributed by atoms with Gasteiger partial charge in [0, 0.05) is 10.2 Å². The zero-order valence-corrected chi connectivity index (χ0v) is 13.2. The first-order valence-electron chi connectivity index (χ1n) is 5.77. The van der Waals surface area contributed by atoms with E-state index in [0.29, 0.717) is 12.1 Å². The van der Waals surface area contributed by atoms with Gasteiger partial charge in [0.25, 0.3) is 0 Å². The van der Waals surface area contributed by atoms with E-state index in [2.05, 4.69) is 15.9 Å². The molecule has 0 bridgehead atoms. The Hall–Kier alpha value is -0.590. The fourth-order valence-corrected chi connectivity index (χ4v) is 4.44. The van der Waals surface area contributed by atoms with Gasteiger partial charge in [0.15, 0.2) is 9.84 Å². The van der Waals surface area contributed by atoms with Crippen molar-refractivity contribution in [3.8, 4) is 0 Å². The Kier molecular flexibility index (Phi) is 4.53. The molecule has 104 valence electrons. The Labute approximate surface area is 125 Å². The number of amides is 1. The van der Waals surface area contributed by atoms with Crippen LogP contribution in [0.15, 0.2) is 28.7 Å². The topological polar surface area (TPSA) is 54.5 Å². The molecule has 0 aromatic heterocycles. The van der Waals surface area contributed by atoms with Crippen LogP contribution in [0.5, 0.6) is 0 Å². The van der Waals surface area contributed by atoms with E-state index >= 15 is 0 Å². The highest BCUT2D eigenvalue weighted by atomic mass is 79.9. The lowest BCUT2D eigenvalue weighted by Crippen LogP contribution is -2.42. The number of nitrogens with zero attached hydrogens (tertiary/aromatic N) is 1. The first-order chi connectivity index (χ1) is 8.93. The lowest BCUT2D eigenvalue weighted by Gasteiger charge is -2.27. The molecule has 0 saturated carbocycles. The molecular weight excluding hydrogens is 354 g/mol. The highest BCUT2D eigenvalue weighted by Gasteiger charge is 2.35. The minimum Gasteiger partial charge on any atom is -0.307 e. The molecule has 0 radical (unpaired) electrons. The Morgan fingerprint density at radius 3 is 2.74 bits per heavy atom. The van der Waals surface area contributed by atoms with E-state index in [-0.39, 0.29) is 29.3 Å². The summed E-state index contributed by atoms with van der Waals surface area (Å²) < 4.78 is 24.0. The third-order valence-electron chi connectivity index (χ3n) is 3.04. The van der Waals surface area contributed by atoms with Gasteiger partial charge in [-0.1, -0.05) is 22.0 Å². The number of alkyl halides is 1. The van der Waals surface area contributed by atoms with Crippen molar-refractivity contribution in [2.45, 2.75) is 12.5 Å². The summed E-state index contributed by atoms with van der Waals surface area (Å²) in [7, 11) is -3.05. The van der Waals surface area contributed by atoms with Gasteiger partial charge >= 0.3 is 0 Å². The Balaban J connectivity index is 2.35. The molecule has 0 N–H and O–H groups in total. The van der Waals surface area contributed by atoms with Gasteiger partial charge in [-0.25, -0.2) is 8.42 Å². The second-order valence-electron chi connectivity index (χ2n) is 4.43. The Bertz CT molecular complexity index is 590. The smallest absolute Gasteiger partial charge is 0.242 e. The molecule has 4 nitrogen and oxygen atoms in total. The molecule has 1 heterocycles. The van der Waals surface area contributed by atoms with Crippen molar-refractivity contribution in [1.29, 1.82) is 0 Å². The van der Waals surface area contributed by atoms with Crippen LogP contribution in [0.2, 0.25) is 0 Å². The van der Waals surface area contributed by atoms with E-state index in [1.165, 1.54) is 4.90 Å². The van der Waals surface area contributed by atoms with Gasteiger partial charge < -0.3 is 4.90 Å². The number of carbonyl (C=O) groups excluding carboxylic acids is 1. The summed E-state index contributed by atoms with van der Waals surface area (Å²) in [6.07, 6.45) is 0.456. The summed E-state index contributed by atoms with van der Waals surface area (Å²) in [6.45, 7) is 0. The summed E-state index contributed by atoms with van der Waals surface area (Å²) >= 11 is 8.98. The number of halogens is 2. The summed E-state index contributed by atoms with van der Waals surface area (Å²) in [5, 5.41) is 0. The molecular formula is C12H13BrClNO3S. The van der Waals surface area contributed by atoms with E-state index in [4.69, 9.17) is 11.6 Å². The van der Waals surface area contributed by atoms with Crippen LogP contribution in [0.4, 0.5) is 5.69 Å². The third kappa shape index (κ3) is 3.49. The molecule has 1 atom stereocenters. The predicted octanol–water partition coefficient (Wildman–Crippen LogP) is 2.21. The van der Waals surface area contributed by atoms with Crippen LogP contribution in [0.25, 0.3) is 0 Å². The quantitative estimate of drug-likeness (QED) is 0.771. The number of sulfone groups is 1. The van der Waals surface area contributed by atoms with Crippen LogP contribution in [0.3, 0.4) is 0 Å². The van der Waals surface area contributed by atoms with Crippen LogP contribution in [-0.2, 0) is 14.6 Å². The highest BCUT2D eigenvalue weighted by molar-refractivity contribution is 9.10. The summed E-state index contributed by atoms with van der Waals surface area (Å²) in [5.74, 6) is -0.315. The molecule has 1 aromatic rings. The predicted molar refractivity (Wildman–Crippen MR) is 79.4 cm³/mol. The van der Waals surface area contributed by atoms with Gasteiger partial charge in [-0.15, -0.1) is 11.6 Å². The maximum atomic E-state index is 12.0. The zero-order valence-electron chi connectivity index (χ0n) is 10.1. The average molecular weight is 367 g/mol. The van der Waals surface area contributed by atoms with Crippen LogP contribution in [0.1, 0.15) is 6.42 Å². The second kappa shape index (κ2) is 5.81. The number of benzene rings is 1. The maximum Gasteiger partial charge on any atom is 0.242 e. The van der Waals surface area contributed by atoms with Crippen molar-refractivity contribution in [2.24, 2.45) is 0 Å². The van der Waals surface area contributed by atoms with Crippen molar-refractivity contribution in [1.82, 2.24) is 0 Å². The summed E-state index contributed by atoms with van der Waals surface area (Å²) in [6, 6.07) is 6.89. The standard InChI is InChI=1S/C12H13BrClNO3S/c13-9-2-1-3-10(6-9)15(12(16)7-14)11-4-5-19(17,18)8-11/h1-3,6,11H,4-5,7-8H2. The van der Waals surface area contributed by atoms with Crippen molar-refractivity contribution in [3.05, 3.63) is 28.7 Å². The molecule has 1 unspecified atom stereocenters. The fraction of sp³-hybridized carbons (Fsp3) is 0.417. The molecule has 0 aliphatic carbocycles. The summed E-state index contributed by atoms with van der Waals surface area (Å²) in [5.41, 5.74) is 0.669. The molecule has 19 heavy (non-hydrogen) atoms. The van der Waals surface area contributed by atoms with Crippen LogP contribution >= 0.6 is 27.5 Å². The number of hydrogen-bond acceptors (Lipinski definition) is 3. The summed E-state index contributed by atoms with van der Waals surface area (Å²) in [4.78, 5) is 13.5. The molecule has 1 aliphatic rings. The normalized spacial score (nSPS) is 21.3. The lowest BCUT2D eigenvalue weighted by molar-refractivity contribution is -0.116. The minimum atomic E-state index is -3.05. The van der Waals surface area contributed by atoms with Gasteiger partial charge in [0.1, 0.15) is 5.88 Å². The first kappa shape index (κ1) is 14.8. The largest absolute Gasteiger partial charge is 0.307 e. The maximum absolute atomic E-state index is 12.0. The monoisotopic (exact) mass is 365 g/mol. The van der Waals surface area contributed by atoms with Gasteiger partial charge in [-0.05, 0) is 24.6 Å². The van der Waals surface area contributed by atoms with Crippen molar-refractivity contribution >= 4 is 49.0 Å². The van der Waals surface area contributed by atoms with Crippen LogP contribution in [0, 0.1) is 0 Å². The number of rotatable bonds is 3. The number of carbonyl (C=O) groups is 1. The molecule has 7 heteroatoms. The lowest BCUT2D eigenvalue weighted by atomic mass is 10.2. The van der Waals surface area contributed by atoms with Crippen molar-refractivity contribution in [3.63, 3.8) is 0 Å². The van der Waals surface area contributed by atoms with Crippen molar-refractivity contribution in [2.75, 3.05) is 22.3 Å². The Morgan fingerprint density at radius 2 is 2.21 bits per heavy atom. The van der Waals surface area contributed by atoms with Crippen LogP contribution in [-0.4, -0.2) is 37.8 Å². The van der Waals surface area contributed by atoms with E-state index in [1.54, 1.807) is 18.2 Å². The van der Waals surface area contributed by atoms with E-state index < -0.39 is 9.84 Å². The van der Waals surface area contributed by atoms with E-state index in [9.17, 15) is 13.2 Å². The molecule has 1 aromatic carbocycles. The fourth-order valence-electron chi connectivity index (χ4n) is 2.23. The number of anilines is 1. The second-order valence-corrected chi connectivity index (χ2v) is 7.85. The SMILES string of the molecule is O=C(CCl)N(c1cccc(Br)c1)C1CCS(=O)(=O)C1. The van der Waals surface area contributed by atoms with Gasteiger partial charge in [-0.3, -0.25) is 4.79 Å².